The molecule has 0 bridgehead atoms. The van der Waals surface area contributed by atoms with Gasteiger partial charge in [-0.25, -0.2) is 4.99 Å². The Morgan fingerprint density at radius 1 is 1.43 bits per heavy atom. The van der Waals surface area contributed by atoms with Crippen LogP contribution in [-0.2, 0) is 6.18 Å². The lowest BCUT2D eigenvalue weighted by Gasteiger charge is -2.16. The number of nitrogens with zero attached hydrogens (tertiary/aromatic N) is 2. The van der Waals surface area contributed by atoms with E-state index in [1.165, 1.54) is 12.1 Å². The van der Waals surface area contributed by atoms with Gasteiger partial charge in [0, 0.05) is 18.7 Å². The van der Waals surface area contributed by atoms with Gasteiger partial charge in [-0.05, 0) is 31.0 Å². The molecule has 0 radical (unpaired) electrons. The maximum absolute atomic E-state index is 12.5. The van der Waals surface area contributed by atoms with Crippen LogP contribution in [0.25, 0.3) is 0 Å². The molecule has 0 unspecified atom stereocenters. The molecule has 0 aliphatic heterocycles. The molecule has 1 aliphatic carbocycles. The summed E-state index contributed by atoms with van der Waals surface area (Å²) in [6, 6.07) is 5.38. The third-order valence-corrected chi connectivity index (χ3v) is 3.20. The molecular weight excluding hydrogens is 279 g/mol. The van der Waals surface area contributed by atoms with Gasteiger partial charge in [-0.1, -0.05) is 17.9 Å². The number of hydrogen-bond donors (Lipinski definition) is 1. The molecule has 6 heteroatoms. The van der Waals surface area contributed by atoms with Crippen LogP contribution < -0.4 is 5.73 Å². The van der Waals surface area contributed by atoms with Gasteiger partial charge < -0.3 is 10.6 Å². The van der Waals surface area contributed by atoms with Crippen molar-refractivity contribution in [1.82, 2.24) is 4.90 Å². The second-order valence-electron chi connectivity index (χ2n) is 4.90. The van der Waals surface area contributed by atoms with Crippen LogP contribution in [0.15, 0.2) is 29.3 Å². The van der Waals surface area contributed by atoms with Crippen molar-refractivity contribution < 1.29 is 13.2 Å². The van der Waals surface area contributed by atoms with E-state index >= 15 is 0 Å². The monoisotopic (exact) mass is 295 g/mol. The highest BCUT2D eigenvalue weighted by Gasteiger charge is 2.30. The van der Waals surface area contributed by atoms with Crippen LogP contribution in [0.4, 0.5) is 13.2 Å². The number of nitrogens with two attached hydrogens (primary N) is 1. The molecule has 1 aromatic carbocycles. The van der Waals surface area contributed by atoms with Gasteiger partial charge in [0.2, 0.25) is 0 Å². The van der Waals surface area contributed by atoms with Crippen molar-refractivity contribution >= 4 is 5.96 Å². The van der Waals surface area contributed by atoms with E-state index in [4.69, 9.17) is 5.73 Å². The summed E-state index contributed by atoms with van der Waals surface area (Å²) in [5.74, 6) is 5.79. The van der Waals surface area contributed by atoms with E-state index in [9.17, 15) is 13.2 Å². The number of aliphatic imine (C=N–C) groups is 1. The molecule has 0 atom stereocenters. The summed E-state index contributed by atoms with van der Waals surface area (Å²) in [6.07, 6.45) is -2.13. The van der Waals surface area contributed by atoms with Gasteiger partial charge in [0.05, 0.1) is 5.56 Å². The Balaban J connectivity index is 1.98. The smallest absolute Gasteiger partial charge is 0.370 e. The fourth-order valence-corrected chi connectivity index (χ4v) is 1.80. The Hall–Kier alpha value is -2.16. The summed E-state index contributed by atoms with van der Waals surface area (Å²) >= 11 is 0. The van der Waals surface area contributed by atoms with E-state index in [0.29, 0.717) is 17.6 Å². The number of hydrogen-bond acceptors (Lipinski definition) is 1. The summed E-state index contributed by atoms with van der Waals surface area (Å²) in [6.45, 7) is 0.166. The standard InChI is InChI=1S/C15H16F3N3/c1-21(13-7-8-13)14(19)20-9-3-5-11-4-2-6-12(10-11)15(16,17)18/h2,4,6,10,13H,7-9H2,1H3,(H2,19,20). The minimum atomic E-state index is -4.35. The van der Waals surface area contributed by atoms with Gasteiger partial charge in [0.25, 0.3) is 0 Å². The molecule has 1 aromatic rings. The van der Waals surface area contributed by atoms with Crippen molar-refractivity contribution in [2.45, 2.75) is 25.1 Å². The third kappa shape index (κ3) is 4.42. The van der Waals surface area contributed by atoms with Gasteiger partial charge in [-0.3, -0.25) is 0 Å². The SMILES string of the molecule is CN(C(N)=NCC#Cc1cccc(C(F)(F)F)c1)C1CC1. The molecule has 21 heavy (non-hydrogen) atoms. The molecule has 3 nitrogen and oxygen atoms in total. The Kier molecular flexibility index (Phi) is 4.41. The van der Waals surface area contributed by atoms with Crippen LogP contribution in [-0.4, -0.2) is 30.5 Å². The first-order chi connectivity index (χ1) is 9.88. The van der Waals surface area contributed by atoms with E-state index in [2.05, 4.69) is 16.8 Å². The number of halogens is 3. The maximum Gasteiger partial charge on any atom is 0.416 e. The molecule has 2 rings (SSSR count). The average molecular weight is 295 g/mol. The Morgan fingerprint density at radius 3 is 2.76 bits per heavy atom. The molecule has 0 saturated heterocycles. The predicted molar refractivity (Wildman–Crippen MR) is 75.6 cm³/mol. The zero-order valence-electron chi connectivity index (χ0n) is 11.6. The van der Waals surface area contributed by atoms with Crippen molar-refractivity contribution in [2.75, 3.05) is 13.6 Å². The van der Waals surface area contributed by atoms with Gasteiger partial charge >= 0.3 is 6.18 Å². The molecule has 0 spiro atoms. The lowest BCUT2D eigenvalue weighted by molar-refractivity contribution is -0.137. The third-order valence-electron chi connectivity index (χ3n) is 3.20. The van der Waals surface area contributed by atoms with Crippen molar-refractivity contribution in [1.29, 1.82) is 0 Å². The molecule has 0 aromatic heterocycles. The Bertz CT molecular complexity index is 592. The Morgan fingerprint density at radius 2 is 2.14 bits per heavy atom. The second-order valence-corrected chi connectivity index (χ2v) is 4.90. The zero-order chi connectivity index (χ0) is 15.5. The normalized spacial score (nSPS) is 15.3. The molecule has 0 heterocycles. The van der Waals surface area contributed by atoms with Gasteiger partial charge in [-0.2, -0.15) is 13.2 Å². The summed E-state index contributed by atoms with van der Waals surface area (Å²) in [5.41, 5.74) is 5.39. The van der Waals surface area contributed by atoms with Crippen molar-refractivity contribution in [2.24, 2.45) is 10.7 Å². The van der Waals surface area contributed by atoms with E-state index in [1.807, 2.05) is 11.9 Å². The van der Waals surface area contributed by atoms with E-state index < -0.39 is 11.7 Å². The predicted octanol–water partition coefficient (Wildman–Crippen LogP) is 2.47. The van der Waals surface area contributed by atoms with Crippen LogP contribution in [0.2, 0.25) is 0 Å². The highest BCUT2D eigenvalue weighted by Crippen LogP contribution is 2.29. The summed E-state index contributed by atoms with van der Waals surface area (Å²) < 4.78 is 37.6. The Labute approximate surface area is 121 Å². The topological polar surface area (TPSA) is 41.6 Å². The quantitative estimate of drug-likeness (QED) is 0.517. The summed E-state index contributed by atoms with van der Waals surface area (Å²) in [5, 5.41) is 0. The molecule has 1 fully saturated rings. The molecule has 1 saturated carbocycles. The minimum absolute atomic E-state index is 0.166. The van der Waals surface area contributed by atoms with E-state index in [-0.39, 0.29) is 6.54 Å². The number of alkyl halides is 3. The molecule has 1 aliphatic rings. The molecule has 112 valence electrons. The lowest BCUT2D eigenvalue weighted by Crippen LogP contribution is -2.35. The van der Waals surface area contributed by atoms with E-state index in [1.54, 1.807) is 0 Å². The van der Waals surface area contributed by atoms with Gasteiger partial charge in [0.1, 0.15) is 6.54 Å². The summed E-state index contributed by atoms with van der Waals surface area (Å²) in [4.78, 5) is 5.99. The molecule has 2 N–H and O–H groups in total. The number of rotatable bonds is 2. The van der Waals surface area contributed by atoms with Crippen molar-refractivity contribution in [3.05, 3.63) is 35.4 Å². The maximum atomic E-state index is 12.5. The van der Waals surface area contributed by atoms with Crippen LogP contribution >= 0.6 is 0 Å². The van der Waals surface area contributed by atoms with Crippen LogP contribution in [0.5, 0.6) is 0 Å². The largest absolute Gasteiger partial charge is 0.416 e. The van der Waals surface area contributed by atoms with E-state index in [0.717, 1.165) is 25.0 Å². The lowest BCUT2D eigenvalue weighted by atomic mass is 10.1. The van der Waals surface area contributed by atoms with Crippen LogP contribution in [0.3, 0.4) is 0 Å². The first kappa shape index (κ1) is 15.2. The fraction of sp³-hybridized carbons (Fsp3) is 0.400. The van der Waals surface area contributed by atoms with Gasteiger partial charge in [-0.15, -0.1) is 0 Å². The fourth-order valence-electron chi connectivity index (χ4n) is 1.80. The second kappa shape index (κ2) is 6.08. The minimum Gasteiger partial charge on any atom is -0.370 e. The van der Waals surface area contributed by atoms with Gasteiger partial charge in [0.15, 0.2) is 5.96 Å². The number of guanidine groups is 1. The summed E-state index contributed by atoms with van der Waals surface area (Å²) in [7, 11) is 1.87. The van der Waals surface area contributed by atoms with Crippen molar-refractivity contribution in [3.8, 4) is 11.8 Å². The van der Waals surface area contributed by atoms with Crippen LogP contribution in [0.1, 0.15) is 24.0 Å². The average Bonchev–Trinajstić information content (AvgIpc) is 3.26. The highest BCUT2D eigenvalue weighted by atomic mass is 19.4. The van der Waals surface area contributed by atoms with Crippen molar-refractivity contribution in [3.63, 3.8) is 0 Å². The van der Waals surface area contributed by atoms with Crippen LogP contribution in [0, 0.1) is 11.8 Å². The number of benzene rings is 1. The zero-order valence-corrected chi connectivity index (χ0v) is 11.6. The highest BCUT2D eigenvalue weighted by molar-refractivity contribution is 5.78. The first-order valence-corrected chi connectivity index (χ1v) is 6.57. The molecular formula is C15H16F3N3. The first-order valence-electron chi connectivity index (χ1n) is 6.57. The molecule has 0 amide bonds.